The predicted molar refractivity (Wildman–Crippen MR) is 122 cm³/mol. The van der Waals surface area contributed by atoms with Gasteiger partial charge in [0.15, 0.2) is 0 Å². The van der Waals surface area contributed by atoms with Gasteiger partial charge in [0.2, 0.25) is 0 Å². The second-order valence-electron chi connectivity index (χ2n) is 7.11. The first-order valence-electron chi connectivity index (χ1n) is 9.79. The van der Waals surface area contributed by atoms with Gasteiger partial charge < -0.3 is 5.32 Å². The van der Waals surface area contributed by atoms with Crippen molar-refractivity contribution in [1.82, 2.24) is 10.3 Å². The third-order valence-electron chi connectivity index (χ3n) is 5.04. The first-order chi connectivity index (χ1) is 14.6. The van der Waals surface area contributed by atoms with Gasteiger partial charge in [-0.2, -0.15) is 13.2 Å². The monoisotopic (exact) mass is 468 g/mol. The molecule has 0 radical (unpaired) electrons. The van der Waals surface area contributed by atoms with Gasteiger partial charge in [0.05, 0.1) is 26.8 Å². The van der Waals surface area contributed by atoms with Crippen molar-refractivity contribution in [3.63, 3.8) is 0 Å². The van der Waals surface area contributed by atoms with Crippen LogP contribution in [0.1, 0.15) is 43.0 Å². The molecule has 0 bridgehead atoms. The highest BCUT2D eigenvalue weighted by Crippen LogP contribution is 2.40. The smallest absolute Gasteiger partial charge is 0.305 e. The number of hydrogen-bond donors (Lipinski definition) is 1. The molecule has 1 aromatic heterocycles. The largest absolute Gasteiger partial charge is 0.417 e. The summed E-state index contributed by atoms with van der Waals surface area (Å²) in [5.74, 6) is 0. The van der Waals surface area contributed by atoms with Crippen molar-refractivity contribution in [1.29, 1.82) is 0 Å². The van der Waals surface area contributed by atoms with Crippen LogP contribution < -0.4 is 5.32 Å². The molecule has 0 saturated heterocycles. The van der Waals surface area contributed by atoms with Crippen LogP contribution in [0, 0.1) is 0 Å². The number of benzene rings is 1. The van der Waals surface area contributed by atoms with Crippen molar-refractivity contribution in [2.24, 2.45) is 0 Å². The summed E-state index contributed by atoms with van der Waals surface area (Å²) in [5, 5.41) is 3.32. The molecule has 0 spiro atoms. The Balaban J connectivity index is 2.46. The van der Waals surface area contributed by atoms with Gasteiger partial charge in [-0.25, -0.2) is 0 Å². The summed E-state index contributed by atoms with van der Waals surface area (Å²) in [6.07, 6.45) is 6.43. The van der Waals surface area contributed by atoms with Crippen LogP contribution in [0.2, 0.25) is 10.0 Å². The zero-order chi connectivity index (χ0) is 23.1. The number of pyridine rings is 1. The minimum absolute atomic E-state index is 0.340. The molecule has 1 atom stereocenters. The molecule has 0 saturated carbocycles. The van der Waals surface area contributed by atoms with Crippen molar-refractivity contribution < 1.29 is 13.2 Å². The Labute approximate surface area is 191 Å². The van der Waals surface area contributed by atoms with E-state index in [2.05, 4.69) is 16.9 Å². The fraction of sp³-hybridized carbons (Fsp3) is 0.292. The van der Waals surface area contributed by atoms with E-state index in [1.54, 1.807) is 25.2 Å². The van der Waals surface area contributed by atoms with E-state index in [0.29, 0.717) is 35.5 Å². The molecule has 0 aliphatic carbocycles. The lowest BCUT2D eigenvalue weighted by Gasteiger charge is -2.34. The van der Waals surface area contributed by atoms with Gasteiger partial charge in [0, 0.05) is 6.20 Å². The van der Waals surface area contributed by atoms with E-state index in [0.717, 1.165) is 11.6 Å². The third kappa shape index (κ3) is 6.45. The van der Waals surface area contributed by atoms with E-state index < -0.39 is 17.3 Å². The molecule has 2 nitrogen and oxygen atoms in total. The molecule has 1 heterocycles. The highest BCUT2D eigenvalue weighted by Gasteiger charge is 2.38. The van der Waals surface area contributed by atoms with Gasteiger partial charge in [-0.3, -0.25) is 4.98 Å². The van der Waals surface area contributed by atoms with Crippen LogP contribution in [0.5, 0.6) is 0 Å². The molecule has 0 aliphatic heterocycles. The zero-order valence-electron chi connectivity index (χ0n) is 17.4. The molecular formula is C24H25Cl2F3N2. The van der Waals surface area contributed by atoms with E-state index in [1.807, 2.05) is 31.2 Å². The summed E-state index contributed by atoms with van der Waals surface area (Å²) in [6.45, 7) is 5.97. The molecule has 2 rings (SSSR count). The van der Waals surface area contributed by atoms with Crippen LogP contribution in [-0.2, 0) is 11.7 Å². The van der Waals surface area contributed by atoms with Crippen LogP contribution in [0.25, 0.3) is 0 Å². The van der Waals surface area contributed by atoms with E-state index in [9.17, 15) is 13.2 Å². The lowest BCUT2D eigenvalue weighted by Crippen LogP contribution is -2.42. The quantitative estimate of drug-likeness (QED) is 0.380. The van der Waals surface area contributed by atoms with E-state index in [4.69, 9.17) is 23.2 Å². The summed E-state index contributed by atoms with van der Waals surface area (Å²) in [6, 6.07) is 7.37. The Bertz CT molecular complexity index is 950. The standard InChI is InChI=1S/C24H25Cl2F3N2/c1-4-5-6-8-17(2)9-7-14-23(30-3,22-13-11-19(25)16-31-22)18-10-12-21(26)20(15-18)24(27,28)29/h4-6,8,10-13,15-16,30H,2,7,9,14H2,1,3H3/b5-4-,8-6-. The number of alkyl halides is 3. The average molecular weight is 469 g/mol. The van der Waals surface area contributed by atoms with Gasteiger partial charge in [-0.15, -0.1) is 0 Å². The zero-order valence-corrected chi connectivity index (χ0v) is 19.0. The van der Waals surface area contributed by atoms with Gasteiger partial charge in [-0.05, 0) is 63.1 Å². The number of nitrogens with one attached hydrogen (secondary N) is 1. The molecule has 0 fully saturated rings. The SMILES string of the molecule is C=C(/C=C\C=C/C)CCCC(NC)(c1ccc(Cl)c(C(F)(F)F)c1)c1ccc(Cl)cn1. The molecule has 1 aromatic carbocycles. The Kier molecular flexibility index (Phi) is 8.92. The first-order valence-corrected chi connectivity index (χ1v) is 10.5. The normalized spacial score (nSPS) is 14.3. The van der Waals surface area contributed by atoms with Gasteiger partial charge in [0.25, 0.3) is 0 Å². The Morgan fingerprint density at radius 1 is 1.16 bits per heavy atom. The predicted octanol–water partition coefficient (Wildman–Crippen LogP) is 7.73. The summed E-state index contributed by atoms with van der Waals surface area (Å²) in [4.78, 5) is 4.42. The lowest BCUT2D eigenvalue weighted by atomic mass is 9.80. The highest BCUT2D eigenvalue weighted by molar-refractivity contribution is 6.31. The summed E-state index contributed by atoms with van der Waals surface area (Å²) in [5.41, 5.74) is 0.0995. The van der Waals surface area contributed by atoms with Gasteiger partial charge >= 0.3 is 6.18 Å². The Morgan fingerprint density at radius 3 is 2.48 bits per heavy atom. The maximum Gasteiger partial charge on any atom is 0.417 e. The Hall–Kier alpha value is -2.08. The van der Waals surface area contributed by atoms with Crippen molar-refractivity contribution in [2.75, 3.05) is 7.05 Å². The maximum atomic E-state index is 13.5. The summed E-state index contributed by atoms with van der Waals surface area (Å²) >= 11 is 11.8. The fourth-order valence-electron chi connectivity index (χ4n) is 3.42. The number of halogens is 5. The summed E-state index contributed by atoms with van der Waals surface area (Å²) < 4.78 is 40.6. The summed E-state index contributed by atoms with van der Waals surface area (Å²) in [7, 11) is 1.71. The number of nitrogens with zero attached hydrogens (tertiary/aromatic N) is 1. The van der Waals surface area contributed by atoms with Crippen LogP contribution in [0.3, 0.4) is 0 Å². The average Bonchev–Trinajstić information content (AvgIpc) is 2.72. The van der Waals surface area contributed by atoms with E-state index >= 15 is 0 Å². The minimum atomic E-state index is -4.56. The van der Waals surface area contributed by atoms with Crippen LogP contribution in [-0.4, -0.2) is 12.0 Å². The fourth-order valence-corrected chi connectivity index (χ4v) is 3.76. The van der Waals surface area contributed by atoms with Crippen molar-refractivity contribution in [2.45, 2.75) is 37.9 Å². The van der Waals surface area contributed by atoms with Gasteiger partial charge in [-0.1, -0.05) is 65.7 Å². The minimum Gasteiger partial charge on any atom is -0.305 e. The first kappa shape index (κ1) is 25.2. The van der Waals surface area contributed by atoms with Crippen molar-refractivity contribution >= 4 is 23.2 Å². The lowest BCUT2D eigenvalue weighted by molar-refractivity contribution is -0.137. The Morgan fingerprint density at radius 2 is 1.90 bits per heavy atom. The van der Waals surface area contributed by atoms with E-state index in [-0.39, 0.29) is 5.02 Å². The molecule has 1 unspecified atom stereocenters. The number of rotatable bonds is 9. The molecule has 7 heteroatoms. The molecule has 2 aromatic rings. The topological polar surface area (TPSA) is 24.9 Å². The second kappa shape index (κ2) is 11.0. The van der Waals surface area contributed by atoms with Crippen molar-refractivity contribution in [3.05, 3.63) is 99.9 Å². The molecule has 166 valence electrons. The third-order valence-corrected chi connectivity index (χ3v) is 5.59. The maximum absolute atomic E-state index is 13.5. The highest BCUT2D eigenvalue weighted by atomic mass is 35.5. The van der Waals surface area contributed by atoms with Crippen molar-refractivity contribution in [3.8, 4) is 0 Å². The second-order valence-corrected chi connectivity index (χ2v) is 7.95. The molecule has 0 amide bonds. The molecule has 1 N–H and O–H groups in total. The van der Waals surface area contributed by atoms with Crippen LogP contribution >= 0.6 is 23.2 Å². The number of aromatic nitrogens is 1. The number of allylic oxidation sites excluding steroid dienone is 5. The number of hydrogen-bond acceptors (Lipinski definition) is 2. The van der Waals surface area contributed by atoms with E-state index in [1.165, 1.54) is 12.3 Å². The molecule has 0 aliphatic rings. The van der Waals surface area contributed by atoms with Crippen LogP contribution in [0.4, 0.5) is 13.2 Å². The van der Waals surface area contributed by atoms with Crippen LogP contribution in [0.15, 0.2) is 73.0 Å². The molecular weight excluding hydrogens is 444 g/mol. The molecule has 31 heavy (non-hydrogen) atoms. The van der Waals surface area contributed by atoms with Gasteiger partial charge in [0.1, 0.15) is 0 Å².